The van der Waals surface area contributed by atoms with Crippen LogP contribution in [0.15, 0.2) is 42.5 Å². The number of nitrogens with zero attached hydrogens (tertiary/aromatic N) is 1. The molecule has 0 unspecified atom stereocenters. The molecule has 3 rings (SSSR count). The SMILES string of the molecule is CC(=O)c1cccc(NC(=O)c2ccc3c(c2)C[C@H](C)N3S(C)(=O)=O)c1. The van der Waals surface area contributed by atoms with E-state index in [9.17, 15) is 18.0 Å². The Morgan fingerprint density at radius 2 is 1.85 bits per heavy atom. The lowest BCUT2D eigenvalue weighted by Gasteiger charge is -2.21. The molecule has 1 N–H and O–H groups in total. The van der Waals surface area contributed by atoms with Gasteiger partial charge in [-0.3, -0.25) is 13.9 Å². The van der Waals surface area contributed by atoms with Crippen LogP contribution >= 0.6 is 0 Å². The predicted octanol–water partition coefficient (Wildman–Crippen LogP) is 2.85. The average molecular weight is 372 g/mol. The van der Waals surface area contributed by atoms with Crippen LogP contribution in [0.5, 0.6) is 0 Å². The maximum Gasteiger partial charge on any atom is 0.255 e. The van der Waals surface area contributed by atoms with E-state index in [4.69, 9.17) is 0 Å². The molecule has 6 nitrogen and oxygen atoms in total. The molecular formula is C19H20N2O4S. The van der Waals surface area contributed by atoms with Gasteiger partial charge in [0.05, 0.1) is 11.9 Å². The largest absolute Gasteiger partial charge is 0.322 e. The van der Waals surface area contributed by atoms with Crippen molar-refractivity contribution in [3.8, 4) is 0 Å². The Morgan fingerprint density at radius 3 is 2.50 bits per heavy atom. The number of fused-ring (bicyclic) bond motifs is 1. The number of benzene rings is 2. The molecule has 0 radical (unpaired) electrons. The summed E-state index contributed by atoms with van der Waals surface area (Å²) in [7, 11) is -3.36. The monoisotopic (exact) mass is 372 g/mol. The maximum absolute atomic E-state index is 12.5. The number of amides is 1. The first-order valence-corrected chi connectivity index (χ1v) is 10.1. The predicted molar refractivity (Wildman–Crippen MR) is 101 cm³/mol. The fraction of sp³-hybridized carbons (Fsp3) is 0.263. The third-order valence-corrected chi connectivity index (χ3v) is 5.65. The first-order valence-electron chi connectivity index (χ1n) is 8.21. The van der Waals surface area contributed by atoms with Crippen LogP contribution in [0.4, 0.5) is 11.4 Å². The van der Waals surface area contributed by atoms with Gasteiger partial charge in [-0.25, -0.2) is 8.42 Å². The molecule has 1 atom stereocenters. The summed E-state index contributed by atoms with van der Waals surface area (Å²) in [6, 6.07) is 11.6. The molecule has 0 aliphatic carbocycles. The molecule has 136 valence electrons. The Labute approximate surface area is 152 Å². The van der Waals surface area contributed by atoms with Crippen LogP contribution in [0.2, 0.25) is 0 Å². The molecule has 26 heavy (non-hydrogen) atoms. The van der Waals surface area contributed by atoms with E-state index in [1.54, 1.807) is 42.5 Å². The van der Waals surface area contributed by atoms with Gasteiger partial charge in [-0.2, -0.15) is 0 Å². The maximum atomic E-state index is 12.5. The minimum absolute atomic E-state index is 0.0755. The first kappa shape index (κ1) is 18.1. The van der Waals surface area contributed by atoms with Crippen LogP contribution in [0, 0.1) is 0 Å². The second-order valence-electron chi connectivity index (χ2n) is 6.55. The van der Waals surface area contributed by atoms with Gasteiger partial charge in [0.25, 0.3) is 5.91 Å². The van der Waals surface area contributed by atoms with Crippen molar-refractivity contribution in [3.63, 3.8) is 0 Å². The number of hydrogen-bond acceptors (Lipinski definition) is 4. The summed E-state index contributed by atoms with van der Waals surface area (Å²) in [4.78, 5) is 24.0. The highest BCUT2D eigenvalue weighted by atomic mass is 32.2. The summed E-state index contributed by atoms with van der Waals surface area (Å²) in [5.41, 5.74) is 2.95. The van der Waals surface area contributed by atoms with Crippen LogP contribution < -0.4 is 9.62 Å². The molecule has 0 fully saturated rings. The molecule has 0 aromatic heterocycles. The van der Waals surface area contributed by atoms with Crippen molar-refractivity contribution < 1.29 is 18.0 Å². The van der Waals surface area contributed by atoms with Gasteiger partial charge in [0.15, 0.2) is 5.78 Å². The van der Waals surface area contributed by atoms with E-state index in [2.05, 4.69) is 5.32 Å². The molecule has 2 aromatic rings. The smallest absolute Gasteiger partial charge is 0.255 e. The van der Waals surface area contributed by atoms with Gasteiger partial charge < -0.3 is 5.32 Å². The average Bonchev–Trinajstić information content (AvgIpc) is 2.89. The highest BCUT2D eigenvalue weighted by Crippen LogP contribution is 2.34. The molecule has 0 bridgehead atoms. The molecule has 0 saturated carbocycles. The second-order valence-corrected chi connectivity index (χ2v) is 8.41. The summed E-state index contributed by atoms with van der Waals surface area (Å²) in [6.45, 7) is 3.31. The third-order valence-electron chi connectivity index (χ3n) is 4.38. The Kier molecular flexibility index (Phi) is 4.58. The van der Waals surface area contributed by atoms with Gasteiger partial charge in [-0.15, -0.1) is 0 Å². The molecule has 7 heteroatoms. The highest BCUT2D eigenvalue weighted by Gasteiger charge is 2.32. The fourth-order valence-corrected chi connectivity index (χ4v) is 4.53. The lowest BCUT2D eigenvalue weighted by atomic mass is 10.1. The number of nitrogens with one attached hydrogen (secondary N) is 1. The van der Waals surface area contributed by atoms with Crippen molar-refractivity contribution in [2.75, 3.05) is 15.9 Å². The quantitative estimate of drug-likeness (QED) is 0.837. The first-order chi connectivity index (χ1) is 12.2. The normalized spacial score (nSPS) is 16.3. The van der Waals surface area contributed by atoms with E-state index >= 15 is 0 Å². The van der Waals surface area contributed by atoms with Crippen LogP contribution in [-0.4, -0.2) is 32.4 Å². The van der Waals surface area contributed by atoms with Crippen LogP contribution in [-0.2, 0) is 16.4 Å². The Balaban J connectivity index is 1.86. The summed E-state index contributed by atoms with van der Waals surface area (Å²) in [5.74, 6) is -0.382. The second kappa shape index (κ2) is 6.57. The summed E-state index contributed by atoms with van der Waals surface area (Å²) in [6.07, 6.45) is 1.74. The molecule has 2 aromatic carbocycles. The van der Waals surface area contributed by atoms with Gasteiger partial charge in [0.1, 0.15) is 0 Å². The van der Waals surface area contributed by atoms with E-state index in [-0.39, 0.29) is 17.7 Å². The van der Waals surface area contributed by atoms with Gasteiger partial charge in [-0.1, -0.05) is 12.1 Å². The molecular weight excluding hydrogens is 352 g/mol. The van der Waals surface area contributed by atoms with E-state index in [1.807, 2.05) is 6.92 Å². The van der Waals surface area contributed by atoms with Crippen molar-refractivity contribution in [2.45, 2.75) is 26.3 Å². The van der Waals surface area contributed by atoms with Crippen LogP contribution in [0.3, 0.4) is 0 Å². The zero-order valence-electron chi connectivity index (χ0n) is 14.8. The third kappa shape index (κ3) is 3.48. The number of hydrogen-bond donors (Lipinski definition) is 1. The zero-order valence-corrected chi connectivity index (χ0v) is 15.6. The summed E-state index contributed by atoms with van der Waals surface area (Å²) >= 11 is 0. The minimum atomic E-state index is -3.36. The number of carbonyl (C=O) groups excluding carboxylic acids is 2. The molecule has 1 aliphatic heterocycles. The van der Waals surface area contributed by atoms with Gasteiger partial charge in [0.2, 0.25) is 10.0 Å². The van der Waals surface area contributed by atoms with Gasteiger partial charge in [0, 0.05) is 22.9 Å². The van der Waals surface area contributed by atoms with Crippen molar-refractivity contribution >= 4 is 33.1 Å². The molecule has 0 spiro atoms. The van der Waals surface area contributed by atoms with Crippen molar-refractivity contribution in [2.24, 2.45) is 0 Å². The number of carbonyl (C=O) groups is 2. The van der Waals surface area contributed by atoms with E-state index in [1.165, 1.54) is 17.5 Å². The number of rotatable bonds is 4. The van der Waals surface area contributed by atoms with Crippen molar-refractivity contribution in [1.29, 1.82) is 0 Å². The van der Waals surface area contributed by atoms with Crippen LogP contribution in [0.1, 0.15) is 40.1 Å². The lowest BCUT2D eigenvalue weighted by Crippen LogP contribution is -2.34. The molecule has 0 saturated heterocycles. The van der Waals surface area contributed by atoms with E-state index < -0.39 is 10.0 Å². The fourth-order valence-electron chi connectivity index (χ4n) is 3.27. The topological polar surface area (TPSA) is 83.6 Å². The van der Waals surface area contributed by atoms with E-state index in [0.717, 1.165) is 5.56 Å². The van der Waals surface area contributed by atoms with Gasteiger partial charge in [-0.05, 0) is 56.2 Å². The lowest BCUT2D eigenvalue weighted by molar-refractivity contribution is 0.101. The molecule has 1 heterocycles. The van der Waals surface area contributed by atoms with E-state index in [0.29, 0.717) is 28.9 Å². The Bertz CT molecular complexity index is 998. The number of sulfonamides is 1. The number of ketones is 1. The van der Waals surface area contributed by atoms with Crippen LogP contribution in [0.25, 0.3) is 0 Å². The van der Waals surface area contributed by atoms with Gasteiger partial charge >= 0.3 is 0 Å². The molecule has 1 aliphatic rings. The standard InChI is InChI=1S/C19H20N2O4S/c1-12-9-16-10-15(7-8-18(16)21(12)26(3,24)25)19(23)20-17-6-4-5-14(11-17)13(2)22/h4-8,10-12H,9H2,1-3H3,(H,20,23)/t12-/m0/s1. The minimum Gasteiger partial charge on any atom is -0.322 e. The molecule has 1 amide bonds. The zero-order chi connectivity index (χ0) is 19.1. The summed E-state index contributed by atoms with van der Waals surface area (Å²) in [5, 5.41) is 2.77. The Hall–Kier alpha value is -2.67. The van der Waals surface area contributed by atoms with Crippen molar-refractivity contribution in [1.82, 2.24) is 0 Å². The summed E-state index contributed by atoms with van der Waals surface area (Å²) < 4.78 is 25.3. The highest BCUT2D eigenvalue weighted by molar-refractivity contribution is 7.92. The number of Topliss-reactive ketones (excluding diaryl/α,β-unsaturated/α-hetero) is 1. The Morgan fingerprint density at radius 1 is 1.12 bits per heavy atom. The van der Waals surface area contributed by atoms with Crippen molar-refractivity contribution in [3.05, 3.63) is 59.2 Å². The number of anilines is 2.